The van der Waals surface area contributed by atoms with Crippen molar-refractivity contribution in [3.63, 3.8) is 0 Å². The highest BCUT2D eigenvalue weighted by molar-refractivity contribution is 7.80. The SMILES string of the molecule is NOCC(=O)NCCS. The first kappa shape index (κ1) is 8.74. The van der Waals surface area contributed by atoms with E-state index in [1.54, 1.807) is 0 Å². The van der Waals surface area contributed by atoms with Crippen LogP contribution in [0.4, 0.5) is 0 Å². The van der Waals surface area contributed by atoms with E-state index in [2.05, 4.69) is 28.7 Å². The van der Waals surface area contributed by atoms with Gasteiger partial charge in [-0.25, -0.2) is 5.90 Å². The number of carbonyl (C=O) groups is 1. The first-order chi connectivity index (χ1) is 4.31. The molecule has 1 amide bonds. The van der Waals surface area contributed by atoms with E-state index in [0.29, 0.717) is 12.3 Å². The predicted octanol–water partition coefficient (Wildman–Crippen LogP) is -1.08. The van der Waals surface area contributed by atoms with Gasteiger partial charge in [0.2, 0.25) is 5.91 Å². The van der Waals surface area contributed by atoms with Crippen LogP contribution in [0.1, 0.15) is 0 Å². The fraction of sp³-hybridized carbons (Fsp3) is 0.750. The minimum Gasteiger partial charge on any atom is -0.353 e. The fourth-order valence-corrected chi connectivity index (χ4v) is 0.434. The van der Waals surface area contributed by atoms with Gasteiger partial charge >= 0.3 is 0 Å². The van der Waals surface area contributed by atoms with E-state index in [4.69, 9.17) is 0 Å². The Bertz CT molecular complexity index is 88.6. The van der Waals surface area contributed by atoms with E-state index in [1.165, 1.54) is 0 Å². The Labute approximate surface area is 59.1 Å². The molecule has 9 heavy (non-hydrogen) atoms. The van der Waals surface area contributed by atoms with Crippen molar-refractivity contribution in [2.45, 2.75) is 0 Å². The molecule has 0 radical (unpaired) electrons. The number of nitrogens with two attached hydrogens (primary N) is 1. The molecule has 0 rings (SSSR count). The highest BCUT2D eigenvalue weighted by Gasteiger charge is 1.95. The Hall–Kier alpha value is -0.260. The van der Waals surface area contributed by atoms with Crippen molar-refractivity contribution in [1.29, 1.82) is 0 Å². The lowest BCUT2D eigenvalue weighted by atomic mass is 10.6. The Balaban J connectivity index is 3.06. The van der Waals surface area contributed by atoms with Crippen molar-refractivity contribution in [2.75, 3.05) is 18.9 Å². The summed E-state index contributed by atoms with van der Waals surface area (Å²) < 4.78 is 0. The third-order valence-electron chi connectivity index (χ3n) is 0.648. The van der Waals surface area contributed by atoms with Gasteiger partial charge < -0.3 is 5.32 Å². The average Bonchev–Trinajstić information content (AvgIpc) is 1.85. The summed E-state index contributed by atoms with van der Waals surface area (Å²) >= 11 is 3.88. The lowest BCUT2D eigenvalue weighted by Gasteiger charge is -1.99. The normalized spacial score (nSPS) is 9.11. The number of carbonyl (C=O) groups excluding carboxylic acids is 1. The van der Waals surface area contributed by atoms with E-state index >= 15 is 0 Å². The van der Waals surface area contributed by atoms with Gasteiger partial charge in [-0.2, -0.15) is 12.6 Å². The summed E-state index contributed by atoms with van der Waals surface area (Å²) in [6.07, 6.45) is 0. The first-order valence-electron chi connectivity index (χ1n) is 2.50. The van der Waals surface area contributed by atoms with Crippen LogP contribution in [-0.2, 0) is 9.63 Å². The Morgan fingerprint density at radius 2 is 2.44 bits per heavy atom. The van der Waals surface area contributed by atoms with Gasteiger partial charge in [0.05, 0.1) is 0 Å². The van der Waals surface area contributed by atoms with E-state index in [-0.39, 0.29) is 12.5 Å². The van der Waals surface area contributed by atoms with Gasteiger partial charge in [0.1, 0.15) is 6.61 Å². The molecular formula is C4H10N2O2S. The van der Waals surface area contributed by atoms with Crippen LogP contribution in [0.3, 0.4) is 0 Å². The van der Waals surface area contributed by atoms with Gasteiger partial charge in [-0.3, -0.25) is 9.63 Å². The third kappa shape index (κ3) is 5.61. The average molecular weight is 150 g/mol. The first-order valence-corrected chi connectivity index (χ1v) is 3.13. The van der Waals surface area contributed by atoms with E-state index in [0.717, 1.165) is 0 Å². The maximum atomic E-state index is 10.5. The van der Waals surface area contributed by atoms with E-state index in [1.807, 2.05) is 0 Å². The largest absolute Gasteiger partial charge is 0.353 e. The molecule has 3 N–H and O–H groups in total. The van der Waals surface area contributed by atoms with Crippen LogP contribution < -0.4 is 11.2 Å². The molecule has 0 atom stereocenters. The summed E-state index contributed by atoms with van der Waals surface area (Å²) in [5, 5.41) is 2.51. The molecule has 0 aliphatic heterocycles. The molecule has 0 saturated carbocycles. The number of amides is 1. The van der Waals surface area contributed by atoms with Crippen LogP contribution in [0, 0.1) is 0 Å². The zero-order valence-electron chi connectivity index (χ0n) is 4.96. The molecule has 0 aromatic rings. The predicted molar refractivity (Wildman–Crippen MR) is 37.0 cm³/mol. The quantitative estimate of drug-likeness (QED) is 0.353. The molecule has 0 aliphatic carbocycles. The molecule has 54 valence electrons. The van der Waals surface area contributed by atoms with Crippen LogP contribution in [0.2, 0.25) is 0 Å². The van der Waals surface area contributed by atoms with Gasteiger partial charge in [0.15, 0.2) is 0 Å². The molecule has 0 unspecified atom stereocenters. The van der Waals surface area contributed by atoms with Crippen molar-refractivity contribution in [3.05, 3.63) is 0 Å². The molecule has 0 fully saturated rings. The van der Waals surface area contributed by atoms with Crippen LogP contribution in [0.15, 0.2) is 0 Å². The van der Waals surface area contributed by atoms with Crippen LogP contribution in [0.25, 0.3) is 0 Å². The van der Waals surface area contributed by atoms with Crippen LogP contribution in [0.5, 0.6) is 0 Å². The molecule has 0 heterocycles. The second-order valence-corrected chi connectivity index (χ2v) is 1.83. The van der Waals surface area contributed by atoms with Crippen LogP contribution in [-0.4, -0.2) is 24.8 Å². The molecule has 0 spiro atoms. The second-order valence-electron chi connectivity index (χ2n) is 1.38. The molecule has 0 aromatic carbocycles. The van der Waals surface area contributed by atoms with Crippen molar-refractivity contribution in [1.82, 2.24) is 5.32 Å². The second kappa shape index (κ2) is 5.87. The Kier molecular flexibility index (Phi) is 5.70. The number of thiol groups is 1. The topological polar surface area (TPSA) is 64.3 Å². The maximum absolute atomic E-state index is 10.5. The molecule has 0 aliphatic rings. The Morgan fingerprint density at radius 1 is 1.78 bits per heavy atom. The van der Waals surface area contributed by atoms with Gasteiger partial charge in [-0.1, -0.05) is 0 Å². The summed E-state index contributed by atoms with van der Waals surface area (Å²) in [5.74, 6) is 5.03. The molecule has 0 saturated heterocycles. The Morgan fingerprint density at radius 3 is 2.89 bits per heavy atom. The summed E-state index contributed by atoms with van der Waals surface area (Å²) in [5.41, 5.74) is 0. The van der Waals surface area contributed by atoms with Crippen molar-refractivity contribution in [2.24, 2.45) is 5.90 Å². The fourth-order valence-electron chi connectivity index (χ4n) is 0.322. The smallest absolute Gasteiger partial charge is 0.248 e. The van der Waals surface area contributed by atoms with Crippen molar-refractivity contribution >= 4 is 18.5 Å². The van der Waals surface area contributed by atoms with Gasteiger partial charge in [0, 0.05) is 12.3 Å². The number of rotatable bonds is 4. The van der Waals surface area contributed by atoms with E-state index < -0.39 is 0 Å². The maximum Gasteiger partial charge on any atom is 0.248 e. The van der Waals surface area contributed by atoms with E-state index in [9.17, 15) is 4.79 Å². The van der Waals surface area contributed by atoms with Crippen molar-refractivity contribution < 1.29 is 9.63 Å². The number of hydrogen-bond acceptors (Lipinski definition) is 4. The third-order valence-corrected chi connectivity index (χ3v) is 0.872. The minimum atomic E-state index is -0.216. The van der Waals surface area contributed by atoms with Gasteiger partial charge in [0.25, 0.3) is 0 Å². The minimum absolute atomic E-state index is 0.0895. The molecule has 4 nitrogen and oxygen atoms in total. The molecule has 0 bridgehead atoms. The lowest BCUT2D eigenvalue weighted by molar-refractivity contribution is -0.125. The number of nitrogens with one attached hydrogen (secondary N) is 1. The standard InChI is InChI=1S/C4H10N2O2S/c5-8-3-4(7)6-1-2-9/h9H,1-3,5H2,(H,6,7). The summed E-state index contributed by atoms with van der Waals surface area (Å²) in [6.45, 7) is 0.457. The highest BCUT2D eigenvalue weighted by atomic mass is 32.1. The van der Waals surface area contributed by atoms with Gasteiger partial charge in [-0.15, -0.1) is 0 Å². The molecular weight excluding hydrogens is 140 g/mol. The summed E-state index contributed by atoms with van der Waals surface area (Å²) in [4.78, 5) is 14.5. The zero-order valence-corrected chi connectivity index (χ0v) is 5.86. The van der Waals surface area contributed by atoms with Crippen LogP contribution >= 0.6 is 12.6 Å². The molecule has 5 heteroatoms. The van der Waals surface area contributed by atoms with Gasteiger partial charge in [-0.05, 0) is 0 Å². The number of hydrogen-bond donors (Lipinski definition) is 3. The highest BCUT2D eigenvalue weighted by Crippen LogP contribution is 1.70. The zero-order chi connectivity index (χ0) is 7.11. The lowest BCUT2D eigenvalue weighted by Crippen LogP contribution is -2.30. The van der Waals surface area contributed by atoms with Crippen molar-refractivity contribution in [3.8, 4) is 0 Å². The monoisotopic (exact) mass is 150 g/mol. The molecule has 0 aromatic heterocycles. The summed E-state index contributed by atoms with van der Waals surface area (Å²) in [6, 6.07) is 0. The summed E-state index contributed by atoms with van der Waals surface area (Å²) in [7, 11) is 0.